The fourth-order valence-corrected chi connectivity index (χ4v) is 4.92. The Hall–Kier alpha value is -2.73. The van der Waals surface area contributed by atoms with Crippen LogP contribution in [0.5, 0.6) is 17.2 Å². The summed E-state index contributed by atoms with van der Waals surface area (Å²) in [5.74, 6) is 1.87. The summed E-state index contributed by atoms with van der Waals surface area (Å²) in [6, 6.07) is 8.87. The van der Waals surface area contributed by atoms with Gasteiger partial charge in [-0.2, -0.15) is 0 Å². The molecule has 1 fully saturated rings. The summed E-state index contributed by atoms with van der Waals surface area (Å²) in [5.41, 5.74) is 1.41. The molecule has 0 atom stereocenters. The van der Waals surface area contributed by atoms with Gasteiger partial charge in [0.1, 0.15) is 11.4 Å². The molecular formula is C27H32ClNO5. The Morgan fingerprint density at radius 2 is 1.88 bits per heavy atom. The molecule has 7 heteroatoms. The molecule has 2 aliphatic heterocycles. The molecule has 2 aliphatic rings. The van der Waals surface area contributed by atoms with Gasteiger partial charge >= 0.3 is 0 Å². The van der Waals surface area contributed by atoms with E-state index in [9.17, 15) is 9.59 Å². The van der Waals surface area contributed by atoms with Crippen molar-refractivity contribution in [1.82, 2.24) is 4.90 Å². The van der Waals surface area contributed by atoms with E-state index in [4.69, 9.17) is 25.8 Å². The van der Waals surface area contributed by atoms with Crippen molar-refractivity contribution in [2.75, 3.05) is 26.3 Å². The minimum atomic E-state index is -0.576. The molecule has 34 heavy (non-hydrogen) atoms. The lowest BCUT2D eigenvalue weighted by atomic mass is 9.82. The number of benzene rings is 2. The fraction of sp³-hybridized carbons (Fsp3) is 0.481. The van der Waals surface area contributed by atoms with Gasteiger partial charge in [0.25, 0.3) is 5.91 Å². The first-order chi connectivity index (χ1) is 16.4. The summed E-state index contributed by atoms with van der Waals surface area (Å²) in [4.78, 5) is 28.0. The Kier molecular flexibility index (Phi) is 7.36. The van der Waals surface area contributed by atoms with Crippen LogP contribution < -0.4 is 14.2 Å². The number of likely N-dealkylation sites (tertiary alicyclic amines) is 1. The first-order valence-electron chi connectivity index (χ1n) is 12.1. The zero-order chi connectivity index (χ0) is 24.3. The van der Waals surface area contributed by atoms with E-state index in [-0.39, 0.29) is 11.7 Å². The fourth-order valence-electron chi connectivity index (χ4n) is 4.65. The van der Waals surface area contributed by atoms with Crippen molar-refractivity contribution >= 4 is 23.3 Å². The molecule has 1 saturated heterocycles. The lowest BCUT2D eigenvalue weighted by molar-refractivity contribution is -0.00618. The second-order valence-electron chi connectivity index (χ2n) is 9.07. The molecule has 2 heterocycles. The molecule has 0 aromatic heterocycles. The predicted octanol–water partition coefficient (Wildman–Crippen LogP) is 5.87. The van der Waals surface area contributed by atoms with Gasteiger partial charge in [-0.15, -0.1) is 0 Å². The summed E-state index contributed by atoms with van der Waals surface area (Å²) in [6.45, 7) is 8.08. The van der Waals surface area contributed by atoms with Crippen molar-refractivity contribution in [2.24, 2.45) is 0 Å². The third kappa shape index (κ3) is 5.02. The number of hydrogen-bond acceptors (Lipinski definition) is 5. The molecule has 0 radical (unpaired) electrons. The van der Waals surface area contributed by atoms with Gasteiger partial charge in [-0.05, 0) is 56.2 Å². The average molecular weight is 486 g/mol. The summed E-state index contributed by atoms with van der Waals surface area (Å²) in [6.07, 6.45) is 3.51. The van der Waals surface area contributed by atoms with Crippen molar-refractivity contribution in [3.63, 3.8) is 0 Å². The third-order valence-corrected chi connectivity index (χ3v) is 6.77. The minimum Gasteiger partial charge on any atom is -0.490 e. The zero-order valence-electron chi connectivity index (χ0n) is 20.1. The molecule has 2 aromatic rings. The number of rotatable bonds is 7. The van der Waals surface area contributed by atoms with Gasteiger partial charge in [0.15, 0.2) is 17.3 Å². The third-order valence-electron chi connectivity index (χ3n) is 6.55. The van der Waals surface area contributed by atoms with E-state index in [1.807, 2.05) is 30.9 Å². The number of amides is 1. The largest absolute Gasteiger partial charge is 0.490 e. The lowest BCUT2D eigenvalue weighted by Crippen LogP contribution is -2.52. The van der Waals surface area contributed by atoms with Gasteiger partial charge in [-0.1, -0.05) is 24.9 Å². The lowest BCUT2D eigenvalue weighted by Gasteiger charge is -2.44. The molecule has 1 amide bonds. The van der Waals surface area contributed by atoms with Crippen molar-refractivity contribution < 1.29 is 23.8 Å². The van der Waals surface area contributed by atoms with Crippen LogP contribution in [0.4, 0.5) is 0 Å². The van der Waals surface area contributed by atoms with Crippen molar-refractivity contribution in [3.8, 4) is 17.2 Å². The second-order valence-corrected chi connectivity index (χ2v) is 9.51. The highest BCUT2D eigenvalue weighted by atomic mass is 35.5. The van der Waals surface area contributed by atoms with E-state index in [1.165, 1.54) is 0 Å². The van der Waals surface area contributed by atoms with Crippen LogP contribution >= 0.6 is 11.6 Å². The van der Waals surface area contributed by atoms with E-state index in [1.54, 1.807) is 18.2 Å². The number of ether oxygens (including phenoxy) is 3. The van der Waals surface area contributed by atoms with E-state index in [0.29, 0.717) is 79.0 Å². The topological polar surface area (TPSA) is 65.1 Å². The predicted molar refractivity (Wildman–Crippen MR) is 132 cm³/mol. The molecule has 0 bridgehead atoms. The summed E-state index contributed by atoms with van der Waals surface area (Å²) in [7, 11) is 0. The van der Waals surface area contributed by atoms with Crippen molar-refractivity contribution in [1.29, 1.82) is 0 Å². The van der Waals surface area contributed by atoms with E-state index >= 15 is 0 Å². The number of ketones is 1. The van der Waals surface area contributed by atoms with Gasteiger partial charge < -0.3 is 19.1 Å². The number of fused-ring (bicyclic) bond motifs is 1. The molecule has 4 rings (SSSR count). The van der Waals surface area contributed by atoms with Crippen LogP contribution in [-0.2, 0) is 0 Å². The smallest absolute Gasteiger partial charge is 0.253 e. The first-order valence-corrected chi connectivity index (χ1v) is 12.4. The summed E-state index contributed by atoms with van der Waals surface area (Å²) >= 11 is 6.14. The standard InChI is InChI=1S/C27H32ClNO5/c1-4-6-13-33-23-8-7-19(15-24(23)32-5-2)26(31)29-11-9-27(10-12-29)17-22(30)21-16-20(28)14-18(3)25(21)34-27/h7-8,14-16H,4-6,9-13,17H2,1-3H3. The van der Waals surface area contributed by atoms with Crippen LogP contribution in [0.25, 0.3) is 0 Å². The number of Topliss-reactive ketones (excluding diaryl/α,β-unsaturated/α-hetero) is 1. The van der Waals surface area contributed by atoms with Crippen LogP contribution in [-0.4, -0.2) is 48.5 Å². The Labute approximate surface area is 206 Å². The Morgan fingerprint density at radius 1 is 1.12 bits per heavy atom. The van der Waals surface area contributed by atoms with Crippen LogP contribution in [0, 0.1) is 6.92 Å². The Bertz CT molecular complexity index is 1070. The maximum Gasteiger partial charge on any atom is 0.253 e. The number of piperidine rings is 1. The molecule has 0 saturated carbocycles. The van der Waals surface area contributed by atoms with Crippen molar-refractivity contribution in [3.05, 3.63) is 52.0 Å². The number of unbranched alkanes of at least 4 members (excludes halogenated alkanes) is 1. The Morgan fingerprint density at radius 3 is 2.59 bits per heavy atom. The molecule has 182 valence electrons. The zero-order valence-corrected chi connectivity index (χ0v) is 20.9. The number of nitrogens with zero attached hydrogens (tertiary/aromatic N) is 1. The highest BCUT2D eigenvalue weighted by Crippen LogP contribution is 2.42. The molecule has 2 aromatic carbocycles. The molecular weight excluding hydrogens is 454 g/mol. The number of carbonyl (C=O) groups excluding carboxylic acids is 2. The SMILES string of the molecule is CCCCOc1ccc(C(=O)N2CCC3(CC2)CC(=O)c2cc(Cl)cc(C)c2O3)cc1OCC. The minimum absolute atomic E-state index is 0.0478. The highest BCUT2D eigenvalue weighted by Gasteiger charge is 2.44. The van der Waals surface area contributed by atoms with Gasteiger partial charge in [-0.25, -0.2) is 0 Å². The first kappa shape index (κ1) is 24.4. The van der Waals surface area contributed by atoms with Crippen molar-refractivity contribution in [2.45, 2.75) is 58.5 Å². The monoisotopic (exact) mass is 485 g/mol. The Balaban J connectivity index is 1.45. The number of hydrogen-bond donors (Lipinski definition) is 0. The van der Waals surface area contributed by atoms with Crippen LogP contribution in [0.3, 0.4) is 0 Å². The number of aryl methyl sites for hydroxylation is 1. The van der Waals surface area contributed by atoms with Crippen LogP contribution in [0.15, 0.2) is 30.3 Å². The number of carbonyl (C=O) groups is 2. The normalized spacial score (nSPS) is 16.7. The highest BCUT2D eigenvalue weighted by molar-refractivity contribution is 6.31. The van der Waals surface area contributed by atoms with E-state index in [0.717, 1.165) is 18.4 Å². The van der Waals surface area contributed by atoms with Crippen LogP contribution in [0.2, 0.25) is 5.02 Å². The molecule has 0 unspecified atom stereocenters. The molecule has 1 spiro atoms. The van der Waals surface area contributed by atoms with E-state index in [2.05, 4.69) is 6.92 Å². The maximum atomic E-state index is 13.3. The van der Waals surface area contributed by atoms with Crippen LogP contribution in [0.1, 0.15) is 72.2 Å². The van der Waals surface area contributed by atoms with Gasteiger partial charge in [0, 0.05) is 36.5 Å². The van der Waals surface area contributed by atoms with Gasteiger partial charge in [0.2, 0.25) is 0 Å². The summed E-state index contributed by atoms with van der Waals surface area (Å²) < 4.78 is 18.0. The molecule has 6 nitrogen and oxygen atoms in total. The van der Waals surface area contributed by atoms with Gasteiger partial charge in [-0.3, -0.25) is 9.59 Å². The molecule has 0 aliphatic carbocycles. The quantitative estimate of drug-likeness (QED) is 0.459. The average Bonchev–Trinajstić information content (AvgIpc) is 2.81. The van der Waals surface area contributed by atoms with Gasteiger partial charge in [0.05, 0.1) is 25.2 Å². The number of halogens is 1. The maximum absolute atomic E-state index is 13.3. The van der Waals surface area contributed by atoms with E-state index < -0.39 is 5.60 Å². The second kappa shape index (κ2) is 10.3. The summed E-state index contributed by atoms with van der Waals surface area (Å²) in [5, 5.41) is 0.540. The molecule has 0 N–H and O–H groups in total.